The highest BCUT2D eigenvalue weighted by Crippen LogP contribution is 2.29. The molecule has 1 aromatic rings. The summed E-state index contributed by atoms with van der Waals surface area (Å²) in [5, 5.41) is 2.54. The number of hydrogen-bond acceptors (Lipinski definition) is 8. The monoisotopic (exact) mass is 458 g/mol. The molecule has 176 valence electrons. The van der Waals surface area contributed by atoms with Crippen LogP contribution in [0.1, 0.15) is 46.9 Å². The molecule has 2 unspecified atom stereocenters. The van der Waals surface area contributed by atoms with E-state index in [9.17, 15) is 28.8 Å². The molecule has 11 nitrogen and oxygen atoms in total. The minimum Gasteiger partial charge on any atom is -0.442 e. The molecule has 0 bridgehead atoms. The molecule has 0 aromatic heterocycles. The van der Waals surface area contributed by atoms with Crippen LogP contribution in [0.2, 0.25) is 0 Å². The number of carbonyl (C=O) groups excluding carboxylic acids is 6. The molecule has 2 atom stereocenters. The quantitative estimate of drug-likeness (QED) is 0.417. The van der Waals surface area contributed by atoms with E-state index < -0.39 is 48.4 Å². The van der Waals surface area contributed by atoms with Gasteiger partial charge in [-0.25, -0.2) is 9.69 Å². The van der Waals surface area contributed by atoms with Gasteiger partial charge in [0.1, 0.15) is 12.1 Å². The van der Waals surface area contributed by atoms with E-state index in [4.69, 9.17) is 4.74 Å². The number of carbonyl (C=O) groups is 6. The summed E-state index contributed by atoms with van der Waals surface area (Å²) in [6.07, 6.45) is 0.140. The Bertz CT molecular complexity index is 971. The van der Waals surface area contributed by atoms with Gasteiger partial charge in [-0.2, -0.15) is 0 Å². The number of likely N-dealkylation sites (tertiary alicyclic amines) is 1. The van der Waals surface area contributed by atoms with Crippen LogP contribution in [0.5, 0.6) is 0 Å². The van der Waals surface area contributed by atoms with E-state index in [0.717, 1.165) is 9.80 Å². The second-order valence-corrected chi connectivity index (χ2v) is 8.10. The Kier molecular flexibility index (Phi) is 7.22. The lowest BCUT2D eigenvalue weighted by molar-refractivity contribution is -0.165. The van der Waals surface area contributed by atoms with Crippen molar-refractivity contribution in [3.05, 3.63) is 35.4 Å². The van der Waals surface area contributed by atoms with E-state index in [0.29, 0.717) is 0 Å². The van der Waals surface area contributed by atoms with Gasteiger partial charge in [-0.3, -0.25) is 28.9 Å². The molecule has 0 saturated carbocycles. The van der Waals surface area contributed by atoms with E-state index in [2.05, 4.69) is 5.32 Å². The van der Waals surface area contributed by atoms with Gasteiger partial charge in [0.05, 0.1) is 17.7 Å². The normalized spacial score (nSPS) is 19.1. The van der Waals surface area contributed by atoms with Crippen LogP contribution in [0.3, 0.4) is 0 Å². The fraction of sp³-hybridized carbons (Fsp3) is 0.455. The third kappa shape index (κ3) is 4.92. The van der Waals surface area contributed by atoms with Crippen molar-refractivity contribution < 1.29 is 33.5 Å². The van der Waals surface area contributed by atoms with E-state index in [1.165, 1.54) is 12.1 Å². The van der Waals surface area contributed by atoms with Gasteiger partial charge in [0.2, 0.25) is 11.8 Å². The average Bonchev–Trinajstić information content (AvgIpc) is 3.02. The Morgan fingerprint density at radius 2 is 1.73 bits per heavy atom. The first-order valence-electron chi connectivity index (χ1n) is 10.6. The van der Waals surface area contributed by atoms with E-state index in [-0.39, 0.29) is 42.8 Å². The lowest BCUT2D eigenvalue weighted by Crippen LogP contribution is -2.57. The number of fused-ring (bicyclic) bond motifs is 1. The van der Waals surface area contributed by atoms with Gasteiger partial charge in [-0.05, 0) is 39.1 Å². The molecule has 3 rings (SSSR count). The maximum absolute atomic E-state index is 13.0. The fourth-order valence-corrected chi connectivity index (χ4v) is 3.77. The molecule has 0 spiro atoms. The predicted octanol–water partition coefficient (Wildman–Crippen LogP) is -0.243. The second kappa shape index (κ2) is 9.90. The van der Waals surface area contributed by atoms with Crippen LogP contribution in [0.25, 0.3) is 0 Å². The number of amides is 5. The zero-order valence-electron chi connectivity index (χ0n) is 18.7. The zero-order valence-corrected chi connectivity index (χ0v) is 18.7. The minimum atomic E-state index is -1.17. The van der Waals surface area contributed by atoms with Gasteiger partial charge in [0, 0.05) is 6.42 Å². The van der Waals surface area contributed by atoms with Crippen LogP contribution < -0.4 is 5.32 Å². The van der Waals surface area contributed by atoms with Crippen LogP contribution >= 0.6 is 0 Å². The van der Waals surface area contributed by atoms with Gasteiger partial charge in [-0.15, -0.1) is 0 Å². The maximum atomic E-state index is 13.0. The Labute approximate surface area is 190 Å². The SMILES string of the molecule is CCC(NC(=O)CN(C)C)C(=O)OCN1C(=O)CCC(N2C(=O)c3ccccc3C2=O)C1=O. The van der Waals surface area contributed by atoms with E-state index >= 15 is 0 Å². The molecule has 0 aliphatic carbocycles. The first-order chi connectivity index (χ1) is 15.6. The lowest BCUT2D eigenvalue weighted by Gasteiger charge is -2.34. The van der Waals surface area contributed by atoms with Crippen LogP contribution in [-0.4, -0.2) is 89.7 Å². The standard InChI is InChI=1S/C22H26N4O7/c1-4-15(23-17(27)11-24(2)3)22(32)33-12-25-18(28)10-9-16(21(25)31)26-19(29)13-7-5-6-8-14(13)20(26)30/h5-8,15-16H,4,9-12H2,1-3H3,(H,23,27). The molecule has 2 aliphatic rings. The number of benzene rings is 1. The highest BCUT2D eigenvalue weighted by atomic mass is 16.5. The van der Waals surface area contributed by atoms with Gasteiger partial charge in [0.15, 0.2) is 6.73 Å². The third-order valence-corrected chi connectivity index (χ3v) is 5.44. The van der Waals surface area contributed by atoms with Crippen LogP contribution in [0, 0.1) is 0 Å². The topological polar surface area (TPSA) is 133 Å². The van der Waals surface area contributed by atoms with Crippen molar-refractivity contribution >= 4 is 35.5 Å². The molecule has 5 amide bonds. The highest BCUT2D eigenvalue weighted by molar-refractivity contribution is 6.23. The molecular formula is C22H26N4O7. The molecule has 2 aliphatic heterocycles. The second-order valence-electron chi connectivity index (χ2n) is 8.10. The summed E-state index contributed by atoms with van der Waals surface area (Å²) in [4.78, 5) is 78.4. The van der Waals surface area contributed by atoms with Crippen molar-refractivity contribution in [2.75, 3.05) is 27.4 Å². The summed E-state index contributed by atoms with van der Waals surface area (Å²) in [5.74, 6) is -3.75. The summed E-state index contributed by atoms with van der Waals surface area (Å²) < 4.78 is 5.14. The highest BCUT2D eigenvalue weighted by Gasteiger charge is 2.47. The van der Waals surface area contributed by atoms with Crippen molar-refractivity contribution in [1.82, 2.24) is 20.0 Å². The van der Waals surface area contributed by atoms with Crippen LogP contribution in [0.15, 0.2) is 24.3 Å². The number of rotatable bonds is 8. The molecule has 1 fully saturated rings. The summed E-state index contributed by atoms with van der Waals surface area (Å²) >= 11 is 0. The van der Waals surface area contributed by atoms with Crippen molar-refractivity contribution in [3.8, 4) is 0 Å². The number of piperidine rings is 1. The summed E-state index contributed by atoms with van der Waals surface area (Å²) in [7, 11) is 3.41. The smallest absolute Gasteiger partial charge is 0.330 e. The van der Waals surface area contributed by atoms with Gasteiger partial charge in [-0.1, -0.05) is 19.1 Å². The number of nitrogens with zero attached hydrogens (tertiary/aromatic N) is 3. The third-order valence-electron chi connectivity index (χ3n) is 5.44. The van der Waals surface area contributed by atoms with Crippen molar-refractivity contribution in [2.45, 2.75) is 38.3 Å². The summed E-state index contributed by atoms with van der Waals surface area (Å²) in [6.45, 7) is 1.09. The minimum absolute atomic E-state index is 0.00818. The number of hydrogen-bond donors (Lipinski definition) is 1. The first kappa shape index (κ1) is 24.1. The molecule has 11 heteroatoms. The number of likely N-dealkylation sites (N-methyl/N-ethyl adjacent to an activating group) is 1. The zero-order chi connectivity index (χ0) is 24.3. The molecule has 2 heterocycles. The molecule has 0 radical (unpaired) electrons. The van der Waals surface area contributed by atoms with Gasteiger partial charge < -0.3 is 15.0 Å². The van der Waals surface area contributed by atoms with Crippen molar-refractivity contribution in [3.63, 3.8) is 0 Å². The first-order valence-corrected chi connectivity index (χ1v) is 10.6. The number of ether oxygens (including phenoxy) is 1. The molecular weight excluding hydrogens is 432 g/mol. The van der Waals surface area contributed by atoms with Crippen molar-refractivity contribution in [2.24, 2.45) is 0 Å². The number of esters is 1. The molecule has 33 heavy (non-hydrogen) atoms. The lowest BCUT2D eigenvalue weighted by atomic mass is 10.0. The Hall–Kier alpha value is -3.60. The van der Waals surface area contributed by atoms with E-state index in [1.54, 1.807) is 38.1 Å². The number of imide groups is 2. The van der Waals surface area contributed by atoms with E-state index in [1.807, 2.05) is 0 Å². The van der Waals surface area contributed by atoms with Gasteiger partial charge >= 0.3 is 5.97 Å². The number of nitrogens with one attached hydrogen (secondary N) is 1. The van der Waals surface area contributed by atoms with Gasteiger partial charge in [0.25, 0.3) is 17.7 Å². The largest absolute Gasteiger partial charge is 0.442 e. The molecule has 1 N–H and O–H groups in total. The van der Waals surface area contributed by atoms with Crippen LogP contribution in [0.4, 0.5) is 0 Å². The molecule has 1 saturated heterocycles. The molecule has 1 aromatic carbocycles. The predicted molar refractivity (Wildman–Crippen MR) is 114 cm³/mol. The van der Waals surface area contributed by atoms with Crippen molar-refractivity contribution in [1.29, 1.82) is 0 Å². The Morgan fingerprint density at radius 1 is 1.12 bits per heavy atom. The van der Waals surface area contributed by atoms with Crippen LogP contribution in [-0.2, 0) is 23.9 Å². The summed E-state index contributed by atoms with van der Waals surface area (Å²) in [5.41, 5.74) is 0.397. The summed E-state index contributed by atoms with van der Waals surface area (Å²) in [6, 6.07) is 4.13. The fourth-order valence-electron chi connectivity index (χ4n) is 3.77. The Balaban J connectivity index is 1.66. The maximum Gasteiger partial charge on any atom is 0.330 e. The Morgan fingerprint density at radius 3 is 2.27 bits per heavy atom. The average molecular weight is 458 g/mol.